The van der Waals surface area contributed by atoms with E-state index in [1.54, 1.807) is 14.0 Å². The van der Waals surface area contributed by atoms with Gasteiger partial charge in [0, 0.05) is 13.7 Å². The van der Waals surface area contributed by atoms with Crippen molar-refractivity contribution in [2.45, 2.75) is 18.6 Å². The first kappa shape index (κ1) is 14.1. The Balaban J connectivity index is 2.55. The van der Waals surface area contributed by atoms with Crippen LogP contribution in [-0.4, -0.2) is 43.1 Å². The summed E-state index contributed by atoms with van der Waals surface area (Å²) in [5.41, 5.74) is -0.107. The lowest BCUT2D eigenvalue weighted by atomic mass is 9.96. The van der Waals surface area contributed by atoms with Gasteiger partial charge < -0.3 is 20.3 Å². The highest BCUT2D eigenvalue weighted by atomic mass is 16.5. The maximum absolute atomic E-state index is 10.3. The third kappa shape index (κ3) is 4.44. The summed E-state index contributed by atoms with van der Waals surface area (Å²) in [6.07, 6.45) is 0. The summed E-state index contributed by atoms with van der Waals surface area (Å²) in [6, 6.07) is 9.30. The summed E-state index contributed by atoms with van der Waals surface area (Å²) < 4.78 is 4.96. The number of hydrogen-bond acceptors (Lipinski definition) is 4. The predicted octanol–water partition coefficient (Wildman–Crippen LogP) is 0.491. The normalized spacial score (nSPS) is 16.5. The van der Waals surface area contributed by atoms with Gasteiger partial charge in [-0.25, -0.2) is 0 Å². The Bertz CT molecular complexity index is 314. The molecular formula is C13H21NO3. The molecule has 0 saturated carbocycles. The van der Waals surface area contributed by atoms with Crippen molar-refractivity contribution >= 4 is 0 Å². The fourth-order valence-electron chi connectivity index (χ4n) is 1.62. The summed E-state index contributed by atoms with van der Waals surface area (Å²) in [7, 11) is 1.58. The topological polar surface area (TPSA) is 61.7 Å². The zero-order valence-electron chi connectivity index (χ0n) is 10.4. The molecule has 2 atom stereocenters. The van der Waals surface area contributed by atoms with E-state index < -0.39 is 5.60 Å². The molecule has 2 unspecified atom stereocenters. The molecule has 0 amide bonds. The third-order valence-corrected chi connectivity index (χ3v) is 2.72. The van der Waals surface area contributed by atoms with E-state index in [1.165, 1.54) is 0 Å². The minimum absolute atomic E-state index is 0.0152. The average molecular weight is 239 g/mol. The number of ether oxygens (including phenoxy) is 1. The standard InChI is InChI=1S/C13H21NO3/c1-13(16,11-6-4-3-5-7-11)10-14-12(8-15)9-17-2/h3-7,12,14-16H,8-10H2,1-2H3. The Morgan fingerprint density at radius 2 is 2.00 bits per heavy atom. The Morgan fingerprint density at radius 1 is 1.35 bits per heavy atom. The van der Waals surface area contributed by atoms with Crippen LogP contribution in [-0.2, 0) is 10.3 Å². The van der Waals surface area contributed by atoms with Crippen molar-refractivity contribution < 1.29 is 14.9 Å². The van der Waals surface area contributed by atoms with Crippen molar-refractivity contribution in [1.82, 2.24) is 5.32 Å². The Kier molecular flexibility index (Phi) is 5.58. The second-order valence-electron chi connectivity index (χ2n) is 4.36. The molecule has 96 valence electrons. The Hall–Kier alpha value is -0.940. The molecule has 0 aliphatic carbocycles. The molecule has 0 radical (unpaired) electrons. The van der Waals surface area contributed by atoms with Crippen LogP contribution in [0.5, 0.6) is 0 Å². The molecule has 4 heteroatoms. The molecular weight excluding hydrogens is 218 g/mol. The van der Waals surface area contributed by atoms with Crippen LogP contribution in [0, 0.1) is 0 Å². The molecule has 0 aliphatic rings. The Labute approximate surface area is 102 Å². The smallest absolute Gasteiger partial charge is 0.0992 e. The highest BCUT2D eigenvalue weighted by Crippen LogP contribution is 2.18. The van der Waals surface area contributed by atoms with Crippen molar-refractivity contribution in [2.24, 2.45) is 0 Å². The minimum atomic E-state index is -0.956. The molecule has 1 aromatic carbocycles. The summed E-state index contributed by atoms with van der Waals surface area (Å²) in [5.74, 6) is 0. The highest BCUT2D eigenvalue weighted by Gasteiger charge is 2.23. The van der Waals surface area contributed by atoms with Crippen molar-refractivity contribution in [3.05, 3.63) is 35.9 Å². The summed E-state index contributed by atoms with van der Waals surface area (Å²) in [6.45, 7) is 2.52. The lowest BCUT2D eigenvalue weighted by Gasteiger charge is -2.27. The maximum atomic E-state index is 10.3. The van der Waals surface area contributed by atoms with Gasteiger partial charge in [0.1, 0.15) is 0 Å². The van der Waals surface area contributed by atoms with Gasteiger partial charge in [-0.15, -0.1) is 0 Å². The number of rotatable bonds is 7. The van der Waals surface area contributed by atoms with E-state index in [-0.39, 0.29) is 12.6 Å². The zero-order chi connectivity index (χ0) is 12.7. The van der Waals surface area contributed by atoms with Gasteiger partial charge in [0.05, 0.1) is 24.9 Å². The van der Waals surface area contributed by atoms with Crippen LogP contribution in [0.15, 0.2) is 30.3 Å². The first-order valence-electron chi connectivity index (χ1n) is 5.71. The third-order valence-electron chi connectivity index (χ3n) is 2.72. The fraction of sp³-hybridized carbons (Fsp3) is 0.538. The molecule has 1 rings (SSSR count). The summed E-state index contributed by atoms with van der Waals surface area (Å²) in [5, 5.41) is 22.5. The number of nitrogens with one attached hydrogen (secondary N) is 1. The van der Waals surface area contributed by atoms with E-state index >= 15 is 0 Å². The molecule has 0 aliphatic heterocycles. The summed E-state index contributed by atoms with van der Waals surface area (Å²) >= 11 is 0. The number of benzene rings is 1. The monoisotopic (exact) mass is 239 g/mol. The van der Waals surface area contributed by atoms with Crippen molar-refractivity contribution in [2.75, 3.05) is 26.9 Å². The van der Waals surface area contributed by atoms with E-state index in [0.717, 1.165) is 5.56 Å². The number of aliphatic hydroxyl groups excluding tert-OH is 1. The minimum Gasteiger partial charge on any atom is -0.395 e. The number of aliphatic hydroxyl groups is 2. The lowest BCUT2D eigenvalue weighted by molar-refractivity contribution is 0.0434. The molecule has 0 heterocycles. The van der Waals surface area contributed by atoms with E-state index in [1.807, 2.05) is 30.3 Å². The second kappa shape index (κ2) is 6.71. The molecule has 0 bridgehead atoms. The lowest BCUT2D eigenvalue weighted by Crippen LogP contribution is -2.44. The molecule has 4 nitrogen and oxygen atoms in total. The van der Waals surface area contributed by atoms with Gasteiger partial charge in [-0.2, -0.15) is 0 Å². The molecule has 0 fully saturated rings. The highest BCUT2D eigenvalue weighted by molar-refractivity contribution is 5.21. The van der Waals surface area contributed by atoms with E-state index in [2.05, 4.69) is 5.32 Å². The SMILES string of the molecule is COCC(CO)NCC(C)(O)c1ccccc1. The first-order valence-corrected chi connectivity index (χ1v) is 5.71. The number of methoxy groups -OCH3 is 1. The van der Waals surface area contributed by atoms with E-state index in [4.69, 9.17) is 9.84 Å². The van der Waals surface area contributed by atoms with Gasteiger partial charge in [0.2, 0.25) is 0 Å². The maximum Gasteiger partial charge on any atom is 0.0992 e. The molecule has 0 aromatic heterocycles. The van der Waals surface area contributed by atoms with Gasteiger partial charge in [0.25, 0.3) is 0 Å². The van der Waals surface area contributed by atoms with Crippen molar-refractivity contribution in [3.8, 4) is 0 Å². The van der Waals surface area contributed by atoms with Crippen LogP contribution in [0.2, 0.25) is 0 Å². The van der Waals surface area contributed by atoms with Crippen molar-refractivity contribution in [1.29, 1.82) is 0 Å². The average Bonchev–Trinajstić information content (AvgIpc) is 2.35. The van der Waals surface area contributed by atoms with Crippen LogP contribution in [0.25, 0.3) is 0 Å². The van der Waals surface area contributed by atoms with Gasteiger partial charge in [-0.3, -0.25) is 0 Å². The number of hydrogen-bond donors (Lipinski definition) is 3. The molecule has 0 spiro atoms. The van der Waals surface area contributed by atoms with Crippen molar-refractivity contribution in [3.63, 3.8) is 0 Å². The summed E-state index contributed by atoms with van der Waals surface area (Å²) in [4.78, 5) is 0. The first-order chi connectivity index (χ1) is 8.10. The van der Waals surface area contributed by atoms with Gasteiger partial charge in [-0.1, -0.05) is 30.3 Å². The molecule has 0 saturated heterocycles. The van der Waals surface area contributed by atoms with Crippen LogP contribution in [0.4, 0.5) is 0 Å². The predicted molar refractivity (Wildman–Crippen MR) is 66.8 cm³/mol. The fourth-order valence-corrected chi connectivity index (χ4v) is 1.62. The van der Waals surface area contributed by atoms with E-state index in [9.17, 15) is 5.11 Å². The van der Waals surface area contributed by atoms with Gasteiger partial charge >= 0.3 is 0 Å². The van der Waals surface area contributed by atoms with Crippen LogP contribution in [0.1, 0.15) is 12.5 Å². The molecule has 17 heavy (non-hydrogen) atoms. The van der Waals surface area contributed by atoms with Crippen LogP contribution in [0.3, 0.4) is 0 Å². The molecule has 1 aromatic rings. The molecule has 3 N–H and O–H groups in total. The van der Waals surface area contributed by atoms with Crippen LogP contribution >= 0.6 is 0 Å². The zero-order valence-corrected chi connectivity index (χ0v) is 10.4. The van der Waals surface area contributed by atoms with Gasteiger partial charge in [-0.05, 0) is 12.5 Å². The van der Waals surface area contributed by atoms with E-state index in [0.29, 0.717) is 13.2 Å². The van der Waals surface area contributed by atoms with Crippen LogP contribution < -0.4 is 5.32 Å². The van der Waals surface area contributed by atoms with Gasteiger partial charge in [0.15, 0.2) is 0 Å². The largest absolute Gasteiger partial charge is 0.395 e. The second-order valence-corrected chi connectivity index (χ2v) is 4.36. The Morgan fingerprint density at radius 3 is 2.53 bits per heavy atom. The quantitative estimate of drug-likeness (QED) is 0.648.